The van der Waals surface area contributed by atoms with E-state index < -0.39 is 0 Å². The molecule has 1 aromatic carbocycles. The van der Waals surface area contributed by atoms with Crippen molar-refractivity contribution in [3.8, 4) is 5.75 Å². The third-order valence-corrected chi connectivity index (χ3v) is 3.04. The van der Waals surface area contributed by atoms with Gasteiger partial charge in [-0.3, -0.25) is 4.98 Å². The summed E-state index contributed by atoms with van der Waals surface area (Å²) in [5.74, 6) is 0.978. The van der Waals surface area contributed by atoms with Crippen molar-refractivity contribution >= 4 is 0 Å². The van der Waals surface area contributed by atoms with Gasteiger partial charge in [-0.2, -0.15) is 0 Å². The largest absolute Gasteiger partial charge is 0.493 e. The summed E-state index contributed by atoms with van der Waals surface area (Å²) in [4.78, 5) is 4.30. The van der Waals surface area contributed by atoms with E-state index >= 15 is 0 Å². The molecule has 0 radical (unpaired) electrons. The molecule has 2 nitrogen and oxygen atoms in total. The highest BCUT2D eigenvalue weighted by molar-refractivity contribution is 5.38. The number of hydrogen-bond acceptors (Lipinski definition) is 2. The zero-order chi connectivity index (χ0) is 13.7. The van der Waals surface area contributed by atoms with Crippen molar-refractivity contribution in [2.24, 2.45) is 0 Å². The molecule has 2 heteroatoms. The summed E-state index contributed by atoms with van der Waals surface area (Å²) in [6.07, 6.45) is 2.65. The number of nitrogens with zero attached hydrogens (tertiary/aromatic N) is 1. The molecule has 19 heavy (non-hydrogen) atoms. The summed E-state index contributed by atoms with van der Waals surface area (Å²) >= 11 is 0. The Balaban J connectivity index is 2.00. The topological polar surface area (TPSA) is 22.1 Å². The molecule has 0 saturated heterocycles. The smallest absolute Gasteiger partial charge is 0.123 e. The van der Waals surface area contributed by atoms with Crippen molar-refractivity contribution in [1.82, 2.24) is 4.98 Å². The molecule has 2 rings (SSSR count). The van der Waals surface area contributed by atoms with Crippen LogP contribution in [0.3, 0.4) is 0 Å². The maximum Gasteiger partial charge on any atom is 0.123 e. The van der Waals surface area contributed by atoms with Gasteiger partial charge >= 0.3 is 0 Å². The van der Waals surface area contributed by atoms with Crippen LogP contribution in [0.25, 0.3) is 0 Å². The molecule has 2 aromatic rings. The van der Waals surface area contributed by atoms with Crippen LogP contribution in [0.15, 0.2) is 48.7 Å². The minimum atomic E-state index is 0.0988. The number of ether oxygens (including phenoxy) is 1. The Morgan fingerprint density at radius 1 is 1.00 bits per heavy atom. The molecular formula is C17H21NO. The van der Waals surface area contributed by atoms with Crippen LogP contribution in [0.1, 0.15) is 32.0 Å². The first-order chi connectivity index (χ1) is 9.07. The fourth-order valence-corrected chi connectivity index (χ4v) is 2.02. The summed E-state index contributed by atoms with van der Waals surface area (Å²) in [6, 6.07) is 14.2. The summed E-state index contributed by atoms with van der Waals surface area (Å²) in [5, 5.41) is 0. The molecule has 0 bridgehead atoms. The van der Waals surface area contributed by atoms with Gasteiger partial charge in [-0.25, -0.2) is 0 Å². The van der Waals surface area contributed by atoms with Crippen molar-refractivity contribution in [1.29, 1.82) is 0 Å². The monoisotopic (exact) mass is 255 g/mol. The highest BCUT2D eigenvalue weighted by Crippen LogP contribution is 2.30. The number of aromatic nitrogens is 1. The summed E-state index contributed by atoms with van der Waals surface area (Å²) in [5.41, 5.74) is 2.41. The Hall–Kier alpha value is -1.83. The van der Waals surface area contributed by atoms with Crippen molar-refractivity contribution in [3.05, 3.63) is 59.9 Å². The van der Waals surface area contributed by atoms with E-state index in [0.717, 1.165) is 17.9 Å². The number of para-hydroxylation sites is 1. The number of rotatable bonds is 4. The van der Waals surface area contributed by atoms with Crippen molar-refractivity contribution in [2.45, 2.75) is 32.6 Å². The standard InChI is InChI=1S/C17H21NO/c1-17(2,3)15-9-4-5-10-16(15)19-13-11-14-8-6-7-12-18-14/h4-10,12H,11,13H2,1-3H3. The molecule has 0 aliphatic carbocycles. The van der Waals surface area contributed by atoms with Gasteiger partial charge in [0.1, 0.15) is 5.75 Å². The second-order valence-electron chi connectivity index (χ2n) is 5.67. The summed E-state index contributed by atoms with van der Waals surface area (Å²) in [7, 11) is 0. The number of hydrogen-bond donors (Lipinski definition) is 0. The Bertz CT molecular complexity index is 514. The quantitative estimate of drug-likeness (QED) is 0.823. The maximum atomic E-state index is 5.93. The predicted octanol–water partition coefficient (Wildman–Crippen LogP) is 4.00. The minimum Gasteiger partial charge on any atom is -0.493 e. The molecule has 100 valence electrons. The van der Waals surface area contributed by atoms with Crippen LogP contribution in [0.5, 0.6) is 5.75 Å². The average Bonchev–Trinajstić information content (AvgIpc) is 2.39. The van der Waals surface area contributed by atoms with E-state index in [-0.39, 0.29) is 5.41 Å². The second kappa shape index (κ2) is 5.87. The van der Waals surface area contributed by atoms with Crippen LogP contribution >= 0.6 is 0 Å². The van der Waals surface area contributed by atoms with Crippen LogP contribution < -0.4 is 4.74 Å². The lowest BCUT2D eigenvalue weighted by Gasteiger charge is -2.22. The van der Waals surface area contributed by atoms with Gasteiger partial charge in [-0.15, -0.1) is 0 Å². The third kappa shape index (κ3) is 3.82. The van der Waals surface area contributed by atoms with Crippen molar-refractivity contribution < 1.29 is 4.74 Å². The van der Waals surface area contributed by atoms with E-state index in [9.17, 15) is 0 Å². The fraction of sp³-hybridized carbons (Fsp3) is 0.353. The van der Waals surface area contributed by atoms with E-state index in [4.69, 9.17) is 4.74 Å². The molecule has 0 fully saturated rings. The molecule has 0 atom stereocenters. The molecule has 1 aromatic heterocycles. The van der Waals surface area contributed by atoms with Gasteiger partial charge in [0, 0.05) is 18.3 Å². The molecule has 0 aliphatic rings. The van der Waals surface area contributed by atoms with E-state index in [2.05, 4.69) is 37.9 Å². The van der Waals surface area contributed by atoms with E-state index in [0.29, 0.717) is 6.61 Å². The number of pyridine rings is 1. The normalized spacial score (nSPS) is 11.3. The highest BCUT2D eigenvalue weighted by atomic mass is 16.5. The third-order valence-electron chi connectivity index (χ3n) is 3.04. The predicted molar refractivity (Wildman–Crippen MR) is 78.6 cm³/mol. The lowest BCUT2D eigenvalue weighted by molar-refractivity contribution is 0.311. The van der Waals surface area contributed by atoms with Gasteiger partial charge < -0.3 is 4.74 Å². The van der Waals surface area contributed by atoms with Gasteiger partial charge in [0.25, 0.3) is 0 Å². The molecule has 0 unspecified atom stereocenters. The first kappa shape index (κ1) is 13.6. The SMILES string of the molecule is CC(C)(C)c1ccccc1OCCc1ccccn1. The van der Waals surface area contributed by atoms with E-state index in [1.54, 1.807) is 0 Å². The molecule has 0 spiro atoms. The van der Waals surface area contributed by atoms with Gasteiger partial charge in [-0.1, -0.05) is 45.0 Å². The lowest BCUT2D eigenvalue weighted by atomic mass is 9.86. The minimum absolute atomic E-state index is 0.0988. The average molecular weight is 255 g/mol. The number of benzene rings is 1. The lowest BCUT2D eigenvalue weighted by Crippen LogP contribution is -2.14. The van der Waals surface area contributed by atoms with Crippen LogP contribution in [-0.2, 0) is 11.8 Å². The first-order valence-corrected chi connectivity index (χ1v) is 6.69. The van der Waals surface area contributed by atoms with Crippen molar-refractivity contribution in [2.75, 3.05) is 6.61 Å². The Morgan fingerprint density at radius 3 is 2.42 bits per heavy atom. The summed E-state index contributed by atoms with van der Waals surface area (Å²) < 4.78 is 5.93. The highest BCUT2D eigenvalue weighted by Gasteiger charge is 2.18. The van der Waals surface area contributed by atoms with Crippen LogP contribution in [0, 0.1) is 0 Å². The maximum absolute atomic E-state index is 5.93. The molecule has 0 aliphatic heterocycles. The molecule has 1 heterocycles. The Morgan fingerprint density at radius 2 is 1.74 bits per heavy atom. The van der Waals surface area contributed by atoms with Gasteiger partial charge in [0.05, 0.1) is 6.61 Å². The second-order valence-corrected chi connectivity index (χ2v) is 5.67. The van der Waals surface area contributed by atoms with E-state index in [1.807, 2.05) is 36.5 Å². The van der Waals surface area contributed by atoms with Crippen LogP contribution in [-0.4, -0.2) is 11.6 Å². The molecule has 0 amide bonds. The van der Waals surface area contributed by atoms with Crippen molar-refractivity contribution in [3.63, 3.8) is 0 Å². The van der Waals surface area contributed by atoms with Crippen LogP contribution in [0.4, 0.5) is 0 Å². The van der Waals surface area contributed by atoms with Gasteiger partial charge in [0.2, 0.25) is 0 Å². The zero-order valence-electron chi connectivity index (χ0n) is 11.9. The molecule has 0 saturated carbocycles. The van der Waals surface area contributed by atoms with Gasteiger partial charge in [0.15, 0.2) is 0 Å². The van der Waals surface area contributed by atoms with E-state index in [1.165, 1.54) is 5.56 Å². The first-order valence-electron chi connectivity index (χ1n) is 6.69. The van der Waals surface area contributed by atoms with Crippen LogP contribution in [0.2, 0.25) is 0 Å². The van der Waals surface area contributed by atoms with Gasteiger partial charge in [-0.05, 0) is 29.2 Å². The molecular weight excluding hydrogens is 234 g/mol. The Labute approximate surface area is 115 Å². The Kier molecular flexibility index (Phi) is 4.20. The summed E-state index contributed by atoms with van der Waals surface area (Å²) in [6.45, 7) is 7.26. The fourth-order valence-electron chi connectivity index (χ4n) is 2.02. The molecule has 0 N–H and O–H groups in total. The zero-order valence-corrected chi connectivity index (χ0v) is 11.9.